The molecule has 0 aromatic heterocycles. The first-order valence-corrected chi connectivity index (χ1v) is 16.6. The van der Waals surface area contributed by atoms with Crippen molar-refractivity contribution in [3.63, 3.8) is 0 Å². The minimum atomic E-state index is -8.62. The molecule has 0 saturated carbocycles. The molecule has 49 heavy (non-hydrogen) atoms. The molecular weight excluding hydrogens is 740 g/mol. The molecule has 0 aliphatic heterocycles. The van der Waals surface area contributed by atoms with Gasteiger partial charge in [0.25, 0.3) is 10.1 Å². The zero-order valence-corrected chi connectivity index (χ0v) is 26.8. The van der Waals surface area contributed by atoms with Crippen LogP contribution in [0.4, 0.5) is 70.2 Å². The molecule has 0 saturated heterocycles. The second-order valence-corrected chi connectivity index (χ2v) is 13.1. The van der Waals surface area contributed by atoms with Gasteiger partial charge in [0.15, 0.2) is 11.9 Å². The monoisotopic (exact) mass is 778 g/mol. The van der Waals surface area contributed by atoms with E-state index in [4.69, 9.17) is 0 Å². The molecule has 1 N–H and O–H groups in total. The molecule has 0 fully saturated rings. The third-order valence-electron chi connectivity index (χ3n) is 7.57. The summed E-state index contributed by atoms with van der Waals surface area (Å²) in [5, 5.41) is -2.82. The van der Waals surface area contributed by atoms with E-state index in [9.17, 15) is 88.0 Å². The Labute approximate surface area is 272 Å². The topological polar surface area (TPSA) is 80.7 Å². The second-order valence-electron chi connectivity index (χ2n) is 11.5. The van der Waals surface area contributed by atoms with Crippen LogP contribution in [0, 0.1) is 0 Å². The Kier molecular flexibility index (Phi) is 17.5. The Bertz CT molecular complexity index is 1120. The van der Waals surface area contributed by atoms with Crippen LogP contribution in [0.5, 0.6) is 0 Å². The van der Waals surface area contributed by atoms with Crippen molar-refractivity contribution in [2.75, 3.05) is 6.61 Å². The summed E-state index contributed by atoms with van der Waals surface area (Å²) in [4.78, 5) is 12.0. The minimum Gasteiger partial charge on any atom is -0.458 e. The fraction of sp³-hybridized carbons (Fsp3) is 0.963. The number of carbonyl (C=O) groups excluding carboxylic acids is 1. The maximum absolute atomic E-state index is 14.0. The number of esters is 1. The molecule has 0 aromatic carbocycles. The van der Waals surface area contributed by atoms with Crippen LogP contribution in [0.25, 0.3) is 0 Å². The largest absolute Gasteiger partial charge is 0.458 e. The standard InChI is InChI=1S/C27H38F16O5S/c1-2-3-4-5-6-7-8-9-10-11-12-13-14-15-16-18(49(45,46)47)19(44)48-17-21(30,31)23(34,35)25(38,39)27(42,43)26(40,41)24(36,37)22(32,33)20(28)29/h18,20H,2-17H2,1H3,(H,45,46,47). The SMILES string of the molecule is CCCCCCCCCCCCCCCCC(C(=O)OCC(F)(F)C(F)(F)C(F)(F)C(F)(F)C(F)(F)C(F)(F)C(F)(F)C(F)F)S(=O)(=O)O. The summed E-state index contributed by atoms with van der Waals surface area (Å²) in [5.74, 6) is -59.0. The van der Waals surface area contributed by atoms with Crippen LogP contribution in [0.15, 0.2) is 0 Å². The fourth-order valence-corrected chi connectivity index (χ4v) is 5.20. The molecule has 1 unspecified atom stereocenters. The van der Waals surface area contributed by atoms with E-state index in [0.717, 1.165) is 51.4 Å². The van der Waals surface area contributed by atoms with Crippen LogP contribution in [0.1, 0.15) is 103 Å². The summed E-state index contributed by atoms with van der Waals surface area (Å²) in [7, 11) is -5.58. The van der Waals surface area contributed by atoms with Crippen LogP contribution in [0.2, 0.25) is 0 Å². The van der Waals surface area contributed by atoms with Gasteiger partial charge in [-0.05, 0) is 6.42 Å². The number of hydrogen-bond acceptors (Lipinski definition) is 4. The molecule has 0 aromatic rings. The molecule has 0 radical (unpaired) electrons. The average molecular weight is 779 g/mol. The molecule has 0 aliphatic carbocycles. The summed E-state index contributed by atoms with van der Waals surface area (Å²) < 4.78 is 251. The third kappa shape index (κ3) is 11.1. The lowest BCUT2D eigenvalue weighted by Crippen LogP contribution is -2.74. The number of unbranched alkanes of at least 4 members (excludes halogenated alkanes) is 13. The molecule has 22 heteroatoms. The zero-order valence-electron chi connectivity index (χ0n) is 26.0. The highest BCUT2D eigenvalue weighted by molar-refractivity contribution is 7.87. The lowest BCUT2D eigenvalue weighted by Gasteiger charge is -2.42. The molecular formula is C27H38F16O5S. The Morgan fingerprint density at radius 1 is 0.571 bits per heavy atom. The highest BCUT2D eigenvalue weighted by Gasteiger charge is 2.93. The number of halogens is 16. The molecule has 5 nitrogen and oxygen atoms in total. The van der Waals surface area contributed by atoms with Crippen molar-refractivity contribution in [3.8, 4) is 0 Å². The van der Waals surface area contributed by atoms with Gasteiger partial charge in [-0.1, -0.05) is 96.8 Å². The van der Waals surface area contributed by atoms with Crippen LogP contribution >= 0.6 is 0 Å². The molecule has 0 amide bonds. The van der Waals surface area contributed by atoms with E-state index in [1.54, 1.807) is 0 Å². The number of alkyl halides is 16. The van der Waals surface area contributed by atoms with Crippen molar-refractivity contribution in [2.45, 2.75) is 156 Å². The van der Waals surface area contributed by atoms with Crippen molar-refractivity contribution >= 4 is 16.1 Å². The van der Waals surface area contributed by atoms with Crippen molar-refractivity contribution in [1.82, 2.24) is 0 Å². The van der Waals surface area contributed by atoms with E-state index in [1.165, 1.54) is 12.8 Å². The third-order valence-corrected chi connectivity index (χ3v) is 8.71. The quantitative estimate of drug-likeness (QED) is 0.0409. The van der Waals surface area contributed by atoms with Gasteiger partial charge in [0.05, 0.1) is 0 Å². The smallest absolute Gasteiger partial charge is 0.385 e. The van der Waals surface area contributed by atoms with Gasteiger partial charge in [-0.15, -0.1) is 0 Å². The average Bonchev–Trinajstić information content (AvgIpc) is 2.96. The maximum atomic E-state index is 14.0. The molecule has 0 aliphatic rings. The molecule has 0 heterocycles. The number of rotatable bonds is 26. The van der Waals surface area contributed by atoms with Crippen molar-refractivity contribution in [1.29, 1.82) is 0 Å². The first-order chi connectivity index (χ1) is 22.0. The Morgan fingerprint density at radius 3 is 1.24 bits per heavy atom. The van der Waals surface area contributed by atoms with Gasteiger partial charge in [0, 0.05) is 0 Å². The van der Waals surface area contributed by atoms with Crippen molar-refractivity contribution in [2.24, 2.45) is 0 Å². The Balaban J connectivity index is 5.37. The summed E-state index contributed by atoms with van der Waals surface area (Å²) in [6, 6.07) is 0. The predicted molar refractivity (Wildman–Crippen MR) is 142 cm³/mol. The number of hydrogen-bond donors (Lipinski definition) is 1. The fourth-order valence-electron chi connectivity index (χ4n) is 4.43. The van der Waals surface area contributed by atoms with E-state index in [1.807, 2.05) is 0 Å². The Morgan fingerprint density at radius 2 is 0.898 bits per heavy atom. The zero-order chi connectivity index (χ0) is 38.8. The second kappa shape index (κ2) is 18.1. The highest BCUT2D eigenvalue weighted by Crippen LogP contribution is 2.62. The molecule has 294 valence electrons. The van der Waals surface area contributed by atoms with Crippen molar-refractivity contribution < 1.29 is 92.7 Å². The summed E-state index contributed by atoms with van der Waals surface area (Å²) in [5.41, 5.74) is 0. The molecule has 0 rings (SSSR count). The van der Waals surface area contributed by atoms with Crippen LogP contribution < -0.4 is 0 Å². The first-order valence-electron chi connectivity index (χ1n) is 15.1. The van der Waals surface area contributed by atoms with Gasteiger partial charge in [-0.2, -0.15) is 69.9 Å². The van der Waals surface area contributed by atoms with Crippen molar-refractivity contribution in [3.05, 3.63) is 0 Å². The van der Waals surface area contributed by atoms with Crippen LogP contribution in [-0.4, -0.2) is 78.7 Å². The number of carbonyl (C=O) groups is 1. The molecule has 0 bridgehead atoms. The van der Waals surface area contributed by atoms with E-state index < -0.39 is 82.2 Å². The number of ether oxygens (including phenoxy) is 1. The minimum absolute atomic E-state index is 0.162. The summed E-state index contributed by atoms with van der Waals surface area (Å²) in [6.07, 6.45) is 4.54. The predicted octanol–water partition coefficient (Wildman–Crippen LogP) is 10.4. The van der Waals surface area contributed by atoms with E-state index in [2.05, 4.69) is 11.7 Å². The Hall–Kier alpha value is -1.74. The van der Waals surface area contributed by atoms with E-state index >= 15 is 0 Å². The lowest BCUT2D eigenvalue weighted by atomic mass is 9.89. The van der Waals surface area contributed by atoms with Gasteiger partial charge >= 0.3 is 53.9 Å². The van der Waals surface area contributed by atoms with Gasteiger partial charge in [-0.3, -0.25) is 9.35 Å². The van der Waals surface area contributed by atoms with E-state index in [0.29, 0.717) is 12.8 Å². The van der Waals surface area contributed by atoms with Gasteiger partial charge in [-0.25, -0.2) is 8.78 Å². The van der Waals surface area contributed by atoms with Gasteiger partial charge in [0.1, 0.15) is 0 Å². The molecule has 1 atom stereocenters. The maximum Gasteiger partial charge on any atom is 0.385 e. The lowest BCUT2D eigenvalue weighted by molar-refractivity contribution is -0.447. The summed E-state index contributed by atoms with van der Waals surface area (Å²) in [6.45, 7) is -1.42. The van der Waals surface area contributed by atoms with Crippen LogP contribution in [-0.2, 0) is 19.6 Å². The molecule has 0 spiro atoms. The first kappa shape index (κ1) is 47.3. The van der Waals surface area contributed by atoms with Crippen LogP contribution in [0.3, 0.4) is 0 Å². The highest BCUT2D eigenvalue weighted by atomic mass is 32.2. The van der Waals surface area contributed by atoms with Gasteiger partial charge in [0.2, 0.25) is 0 Å². The van der Waals surface area contributed by atoms with E-state index in [-0.39, 0.29) is 12.8 Å². The normalized spacial score (nSPS) is 15.2. The summed E-state index contributed by atoms with van der Waals surface area (Å²) >= 11 is 0. The van der Waals surface area contributed by atoms with Gasteiger partial charge < -0.3 is 4.74 Å².